The van der Waals surface area contributed by atoms with E-state index in [-0.39, 0.29) is 4.90 Å². The number of nitrogens with two attached hydrogens (primary N) is 1. The maximum atomic E-state index is 11.2. The van der Waals surface area contributed by atoms with Crippen molar-refractivity contribution in [2.75, 3.05) is 19.8 Å². The lowest BCUT2D eigenvalue weighted by molar-refractivity contribution is 0.109. The second kappa shape index (κ2) is 6.85. The Kier molecular flexibility index (Phi) is 6.06. The van der Waals surface area contributed by atoms with E-state index in [1.807, 2.05) is 6.92 Å². The van der Waals surface area contributed by atoms with Crippen LogP contribution in [0.15, 0.2) is 26.0 Å². The fourth-order valence-corrected chi connectivity index (χ4v) is 3.47. The van der Waals surface area contributed by atoms with Crippen LogP contribution in [0.5, 0.6) is 5.75 Å². The third-order valence-electron chi connectivity index (χ3n) is 1.98. The Morgan fingerprint density at radius 2 is 1.78 bits per heavy atom. The van der Waals surface area contributed by atoms with Crippen molar-refractivity contribution >= 4 is 41.9 Å². The van der Waals surface area contributed by atoms with Gasteiger partial charge in [0, 0.05) is 6.61 Å². The van der Waals surface area contributed by atoms with Crippen molar-refractivity contribution in [2.24, 2.45) is 5.14 Å². The van der Waals surface area contributed by atoms with E-state index in [2.05, 4.69) is 31.9 Å². The van der Waals surface area contributed by atoms with Crippen LogP contribution < -0.4 is 9.88 Å². The lowest BCUT2D eigenvalue weighted by Gasteiger charge is -2.11. The molecule has 1 aromatic rings. The molecule has 1 rings (SSSR count). The number of ether oxygens (including phenoxy) is 2. The van der Waals surface area contributed by atoms with Gasteiger partial charge in [0.05, 0.1) is 20.4 Å². The number of halogens is 2. The van der Waals surface area contributed by atoms with Gasteiger partial charge in [0.15, 0.2) is 0 Å². The minimum atomic E-state index is -3.73. The molecule has 0 aliphatic rings. The van der Waals surface area contributed by atoms with Crippen molar-refractivity contribution in [1.29, 1.82) is 0 Å². The Morgan fingerprint density at radius 3 is 2.22 bits per heavy atom. The van der Waals surface area contributed by atoms with Gasteiger partial charge in [0.1, 0.15) is 12.4 Å². The van der Waals surface area contributed by atoms with Crippen LogP contribution >= 0.6 is 31.9 Å². The van der Waals surface area contributed by atoms with E-state index in [0.29, 0.717) is 34.5 Å². The summed E-state index contributed by atoms with van der Waals surface area (Å²) >= 11 is 6.49. The highest BCUT2D eigenvalue weighted by atomic mass is 79.9. The molecule has 0 saturated carbocycles. The lowest BCUT2D eigenvalue weighted by Crippen LogP contribution is -2.13. The van der Waals surface area contributed by atoms with Crippen molar-refractivity contribution in [2.45, 2.75) is 11.8 Å². The average molecular weight is 403 g/mol. The first-order valence-corrected chi connectivity index (χ1v) is 8.22. The summed E-state index contributed by atoms with van der Waals surface area (Å²) in [6.45, 7) is 3.36. The first-order valence-electron chi connectivity index (χ1n) is 5.08. The third-order valence-corrected chi connectivity index (χ3v) is 4.05. The highest BCUT2D eigenvalue weighted by molar-refractivity contribution is 9.11. The molecular formula is C10H13Br2NO4S. The van der Waals surface area contributed by atoms with Crippen molar-refractivity contribution in [3.05, 3.63) is 21.1 Å². The van der Waals surface area contributed by atoms with Crippen LogP contribution in [0.2, 0.25) is 0 Å². The Bertz CT molecular complexity index is 496. The second-order valence-corrected chi connectivity index (χ2v) is 6.58. The van der Waals surface area contributed by atoms with E-state index < -0.39 is 10.0 Å². The summed E-state index contributed by atoms with van der Waals surface area (Å²) in [5.41, 5.74) is 0. The molecule has 0 atom stereocenters. The van der Waals surface area contributed by atoms with Crippen molar-refractivity contribution in [1.82, 2.24) is 0 Å². The number of hydrogen-bond donors (Lipinski definition) is 1. The van der Waals surface area contributed by atoms with Crippen LogP contribution in [0, 0.1) is 0 Å². The molecule has 5 nitrogen and oxygen atoms in total. The Labute approximate surface area is 123 Å². The van der Waals surface area contributed by atoms with Crippen LogP contribution in [0.3, 0.4) is 0 Å². The molecule has 18 heavy (non-hydrogen) atoms. The zero-order valence-electron chi connectivity index (χ0n) is 9.65. The summed E-state index contributed by atoms with van der Waals surface area (Å²) in [6, 6.07) is 2.80. The molecule has 0 radical (unpaired) electrons. The molecule has 8 heteroatoms. The molecule has 0 unspecified atom stereocenters. The van der Waals surface area contributed by atoms with Crippen LogP contribution in [0.25, 0.3) is 0 Å². The summed E-state index contributed by atoms with van der Waals surface area (Å²) < 4.78 is 34.1. The lowest BCUT2D eigenvalue weighted by atomic mass is 10.3. The Hall–Kier alpha value is -0.150. The first-order chi connectivity index (χ1) is 8.36. The van der Waals surface area contributed by atoms with Gasteiger partial charge in [-0.3, -0.25) is 0 Å². The van der Waals surface area contributed by atoms with Crippen molar-refractivity contribution in [3.63, 3.8) is 0 Å². The number of rotatable bonds is 6. The summed E-state index contributed by atoms with van der Waals surface area (Å²) in [6.07, 6.45) is 0. The molecule has 0 saturated heterocycles. The molecule has 102 valence electrons. The fourth-order valence-electron chi connectivity index (χ4n) is 1.19. The first kappa shape index (κ1) is 15.9. The van der Waals surface area contributed by atoms with Crippen LogP contribution in [-0.4, -0.2) is 28.2 Å². The molecule has 0 aromatic heterocycles. The quantitative estimate of drug-likeness (QED) is 0.740. The van der Waals surface area contributed by atoms with Gasteiger partial charge in [0.25, 0.3) is 0 Å². The zero-order valence-corrected chi connectivity index (χ0v) is 13.6. The third kappa shape index (κ3) is 4.51. The zero-order chi connectivity index (χ0) is 13.8. The smallest absolute Gasteiger partial charge is 0.238 e. The molecule has 2 N–H and O–H groups in total. The predicted molar refractivity (Wildman–Crippen MR) is 75.2 cm³/mol. The molecule has 0 amide bonds. The summed E-state index contributed by atoms with van der Waals surface area (Å²) in [5.74, 6) is 0.516. The van der Waals surface area contributed by atoms with E-state index >= 15 is 0 Å². The predicted octanol–water partition coefficient (Wildman–Crippen LogP) is 2.27. The maximum absolute atomic E-state index is 11.2. The topological polar surface area (TPSA) is 78.6 Å². The molecule has 0 aliphatic heterocycles. The summed E-state index contributed by atoms with van der Waals surface area (Å²) in [7, 11) is -3.73. The van der Waals surface area contributed by atoms with E-state index in [9.17, 15) is 8.42 Å². The van der Waals surface area contributed by atoms with Crippen molar-refractivity contribution in [3.8, 4) is 5.75 Å². The van der Waals surface area contributed by atoms with E-state index in [1.165, 1.54) is 12.1 Å². The van der Waals surface area contributed by atoms with Gasteiger partial charge < -0.3 is 9.47 Å². The van der Waals surface area contributed by atoms with Crippen LogP contribution in [0.1, 0.15) is 6.92 Å². The standard InChI is InChI=1S/C10H13Br2NO4S/c1-2-16-3-4-17-10-8(11)5-7(6-9(10)12)18(13,14)15/h5-6H,2-4H2,1H3,(H2,13,14,15). The summed E-state index contributed by atoms with van der Waals surface area (Å²) in [4.78, 5) is 0.0124. The average Bonchev–Trinajstić information content (AvgIpc) is 2.25. The van der Waals surface area contributed by atoms with Gasteiger partial charge in [-0.25, -0.2) is 13.6 Å². The fraction of sp³-hybridized carbons (Fsp3) is 0.400. The monoisotopic (exact) mass is 401 g/mol. The normalized spacial score (nSPS) is 11.6. The minimum absolute atomic E-state index is 0.0124. The second-order valence-electron chi connectivity index (χ2n) is 3.31. The number of benzene rings is 1. The Balaban J connectivity index is 2.88. The largest absolute Gasteiger partial charge is 0.489 e. The number of hydrogen-bond acceptors (Lipinski definition) is 4. The molecule has 0 heterocycles. The SMILES string of the molecule is CCOCCOc1c(Br)cc(S(N)(=O)=O)cc1Br. The molecule has 0 aliphatic carbocycles. The van der Waals surface area contributed by atoms with Crippen molar-refractivity contribution < 1.29 is 17.9 Å². The number of sulfonamides is 1. The molecule has 0 fully saturated rings. The van der Waals surface area contributed by atoms with E-state index in [0.717, 1.165) is 0 Å². The number of primary sulfonamides is 1. The maximum Gasteiger partial charge on any atom is 0.238 e. The van der Waals surface area contributed by atoms with Gasteiger partial charge in [-0.1, -0.05) is 0 Å². The van der Waals surface area contributed by atoms with Gasteiger partial charge >= 0.3 is 0 Å². The molecule has 1 aromatic carbocycles. The highest BCUT2D eigenvalue weighted by Gasteiger charge is 2.15. The minimum Gasteiger partial charge on any atom is -0.489 e. The van der Waals surface area contributed by atoms with Gasteiger partial charge in [-0.15, -0.1) is 0 Å². The van der Waals surface area contributed by atoms with Gasteiger partial charge in [-0.05, 0) is 50.9 Å². The summed E-state index contributed by atoms with van der Waals surface area (Å²) in [5, 5.41) is 5.05. The molecule has 0 spiro atoms. The van der Waals surface area contributed by atoms with E-state index in [4.69, 9.17) is 14.6 Å². The Morgan fingerprint density at radius 1 is 1.22 bits per heavy atom. The van der Waals surface area contributed by atoms with Gasteiger partial charge in [-0.2, -0.15) is 0 Å². The van der Waals surface area contributed by atoms with E-state index in [1.54, 1.807) is 0 Å². The van der Waals surface area contributed by atoms with Crippen LogP contribution in [0.4, 0.5) is 0 Å². The molecular weight excluding hydrogens is 390 g/mol. The highest BCUT2D eigenvalue weighted by Crippen LogP contribution is 2.35. The van der Waals surface area contributed by atoms with Crippen LogP contribution in [-0.2, 0) is 14.8 Å². The molecule has 0 bridgehead atoms. The van der Waals surface area contributed by atoms with Gasteiger partial charge in [0.2, 0.25) is 10.0 Å².